The zero-order valence-corrected chi connectivity index (χ0v) is 19.8. The van der Waals surface area contributed by atoms with Crippen LogP contribution in [0.25, 0.3) is 11.6 Å². The number of carbonyl (C=O) groups is 1. The van der Waals surface area contributed by atoms with Crippen LogP contribution in [0.2, 0.25) is 0 Å². The molecule has 0 radical (unpaired) electrons. The lowest BCUT2D eigenvalue weighted by Crippen LogP contribution is -2.19. The first-order valence-corrected chi connectivity index (χ1v) is 11.6. The maximum Gasteiger partial charge on any atom is 0.235 e. The van der Waals surface area contributed by atoms with Gasteiger partial charge in [-0.05, 0) is 56.2 Å². The Bertz CT molecular complexity index is 1350. The third-order valence-electron chi connectivity index (χ3n) is 5.56. The summed E-state index contributed by atoms with van der Waals surface area (Å²) in [7, 11) is 0. The predicted molar refractivity (Wildman–Crippen MR) is 127 cm³/mol. The standard InChI is InChI=1S/C24H23FN6O2S/c1-4-30-23(20-6-5-11-33-20)28-29-24(30)34-14-21(32)27-22-19(12-26)15(2)16(3)31(22)13-17-7-9-18(25)10-8-17/h5-11H,4,13-14H2,1-3H3,(H,27,32). The monoisotopic (exact) mass is 478 g/mol. The van der Waals surface area contributed by atoms with Crippen molar-refractivity contribution >= 4 is 23.5 Å². The Balaban J connectivity index is 1.53. The number of aromatic nitrogens is 4. The van der Waals surface area contributed by atoms with E-state index in [0.717, 1.165) is 16.8 Å². The first kappa shape index (κ1) is 23.3. The first-order valence-electron chi connectivity index (χ1n) is 10.7. The average Bonchev–Trinajstić information content (AvgIpc) is 3.55. The summed E-state index contributed by atoms with van der Waals surface area (Å²) in [5.41, 5.74) is 2.92. The van der Waals surface area contributed by atoms with Crippen molar-refractivity contribution in [1.29, 1.82) is 5.26 Å². The second kappa shape index (κ2) is 9.97. The average molecular weight is 479 g/mol. The summed E-state index contributed by atoms with van der Waals surface area (Å²) >= 11 is 1.25. The van der Waals surface area contributed by atoms with Gasteiger partial charge >= 0.3 is 0 Å². The molecule has 3 heterocycles. The number of rotatable bonds is 8. The molecule has 1 aromatic carbocycles. The van der Waals surface area contributed by atoms with Gasteiger partial charge in [0.15, 0.2) is 16.7 Å². The lowest BCUT2D eigenvalue weighted by atomic mass is 10.2. The van der Waals surface area contributed by atoms with E-state index in [1.54, 1.807) is 30.5 Å². The van der Waals surface area contributed by atoms with Gasteiger partial charge in [-0.1, -0.05) is 23.9 Å². The number of hydrogen-bond acceptors (Lipinski definition) is 6. The first-order chi connectivity index (χ1) is 16.4. The third kappa shape index (κ3) is 4.61. The van der Waals surface area contributed by atoms with E-state index in [2.05, 4.69) is 21.6 Å². The molecule has 0 aliphatic carbocycles. The Morgan fingerprint density at radius 1 is 1.21 bits per heavy atom. The fraction of sp³-hybridized carbons (Fsp3) is 0.250. The highest BCUT2D eigenvalue weighted by molar-refractivity contribution is 7.99. The number of nitriles is 1. The molecule has 0 saturated heterocycles. The van der Waals surface area contributed by atoms with E-state index in [-0.39, 0.29) is 17.5 Å². The Morgan fingerprint density at radius 3 is 2.62 bits per heavy atom. The molecule has 1 amide bonds. The minimum absolute atomic E-state index is 0.0843. The fourth-order valence-corrected chi connectivity index (χ4v) is 4.47. The number of thioether (sulfide) groups is 1. The van der Waals surface area contributed by atoms with Gasteiger partial charge in [0.1, 0.15) is 17.7 Å². The molecular formula is C24H23FN6O2S. The Kier molecular flexibility index (Phi) is 6.84. The highest BCUT2D eigenvalue weighted by Gasteiger charge is 2.21. The zero-order chi connectivity index (χ0) is 24.2. The number of nitrogens with zero attached hydrogens (tertiary/aromatic N) is 5. The van der Waals surface area contributed by atoms with Crippen LogP contribution in [0.15, 0.2) is 52.2 Å². The molecule has 0 unspecified atom stereocenters. The number of furan rings is 1. The number of amides is 1. The van der Waals surface area contributed by atoms with Crippen LogP contribution in [0.4, 0.5) is 10.2 Å². The minimum atomic E-state index is -0.317. The number of hydrogen-bond donors (Lipinski definition) is 1. The zero-order valence-electron chi connectivity index (χ0n) is 19.0. The molecule has 0 aliphatic rings. The van der Waals surface area contributed by atoms with Gasteiger partial charge < -0.3 is 14.3 Å². The Labute approximate surface area is 200 Å². The van der Waals surface area contributed by atoms with Gasteiger partial charge in [-0.3, -0.25) is 9.36 Å². The van der Waals surface area contributed by atoms with Crippen LogP contribution in [0.1, 0.15) is 29.3 Å². The molecule has 34 heavy (non-hydrogen) atoms. The third-order valence-corrected chi connectivity index (χ3v) is 6.53. The van der Waals surface area contributed by atoms with Crippen LogP contribution in [-0.4, -0.2) is 31.0 Å². The molecule has 0 spiro atoms. The minimum Gasteiger partial charge on any atom is -0.461 e. The molecule has 0 aliphatic heterocycles. The van der Waals surface area contributed by atoms with Gasteiger partial charge in [0, 0.05) is 18.8 Å². The molecule has 0 atom stereocenters. The maximum atomic E-state index is 13.3. The molecule has 4 aromatic rings. The lowest BCUT2D eigenvalue weighted by Gasteiger charge is -2.13. The number of nitrogens with one attached hydrogen (secondary N) is 1. The second-order valence-corrected chi connectivity index (χ2v) is 8.57. The molecule has 3 aromatic heterocycles. The Morgan fingerprint density at radius 2 is 1.97 bits per heavy atom. The highest BCUT2D eigenvalue weighted by atomic mass is 32.2. The predicted octanol–water partition coefficient (Wildman–Crippen LogP) is 4.77. The SMILES string of the molecule is CCn1c(SCC(=O)Nc2c(C#N)c(C)c(C)n2Cc2ccc(F)cc2)nnc1-c1ccco1. The van der Waals surface area contributed by atoms with Crippen LogP contribution < -0.4 is 5.32 Å². The molecule has 0 bridgehead atoms. The van der Waals surface area contributed by atoms with Crippen LogP contribution >= 0.6 is 11.8 Å². The van der Waals surface area contributed by atoms with Crippen molar-refractivity contribution in [3.63, 3.8) is 0 Å². The fourth-order valence-electron chi connectivity index (χ4n) is 3.67. The van der Waals surface area contributed by atoms with Gasteiger partial charge in [-0.25, -0.2) is 4.39 Å². The van der Waals surface area contributed by atoms with E-state index in [4.69, 9.17) is 4.42 Å². The topological polar surface area (TPSA) is 102 Å². The van der Waals surface area contributed by atoms with E-state index in [1.807, 2.05) is 29.9 Å². The van der Waals surface area contributed by atoms with Crippen molar-refractivity contribution < 1.29 is 13.6 Å². The van der Waals surface area contributed by atoms with Crippen LogP contribution in [0, 0.1) is 31.0 Å². The summed E-state index contributed by atoms with van der Waals surface area (Å²) in [6.07, 6.45) is 1.57. The number of benzene rings is 1. The summed E-state index contributed by atoms with van der Waals surface area (Å²) in [6, 6.07) is 11.9. The van der Waals surface area contributed by atoms with Crippen LogP contribution in [-0.2, 0) is 17.9 Å². The van der Waals surface area contributed by atoms with Gasteiger partial charge in [0.05, 0.1) is 17.6 Å². The molecule has 10 heteroatoms. The van der Waals surface area contributed by atoms with E-state index in [1.165, 1.54) is 23.9 Å². The molecule has 1 N–H and O–H groups in total. The molecule has 174 valence electrons. The normalized spacial score (nSPS) is 10.9. The van der Waals surface area contributed by atoms with Crippen molar-refractivity contribution in [2.75, 3.05) is 11.1 Å². The second-order valence-electron chi connectivity index (χ2n) is 7.62. The van der Waals surface area contributed by atoms with Crippen molar-refractivity contribution in [2.45, 2.75) is 39.0 Å². The largest absolute Gasteiger partial charge is 0.461 e. The summed E-state index contributed by atoms with van der Waals surface area (Å²) < 4.78 is 22.5. The van der Waals surface area contributed by atoms with Crippen molar-refractivity contribution in [2.24, 2.45) is 0 Å². The number of carbonyl (C=O) groups excluding carboxylic acids is 1. The smallest absolute Gasteiger partial charge is 0.235 e. The molecule has 0 saturated carbocycles. The van der Waals surface area contributed by atoms with E-state index in [0.29, 0.717) is 41.2 Å². The van der Waals surface area contributed by atoms with E-state index in [9.17, 15) is 14.4 Å². The van der Waals surface area contributed by atoms with Crippen molar-refractivity contribution in [3.05, 3.63) is 70.9 Å². The van der Waals surface area contributed by atoms with Gasteiger partial charge in [0.25, 0.3) is 0 Å². The summed E-state index contributed by atoms with van der Waals surface area (Å²) in [4.78, 5) is 12.9. The Hall–Kier alpha value is -3.84. The highest BCUT2D eigenvalue weighted by Crippen LogP contribution is 2.28. The molecule has 8 nitrogen and oxygen atoms in total. The molecule has 4 rings (SSSR count). The van der Waals surface area contributed by atoms with Gasteiger partial charge in [-0.15, -0.1) is 10.2 Å². The molecule has 0 fully saturated rings. The quantitative estimate of drug-likeness (QED) is 0.366. The maximum absolute atomic E-state index is 13.3. The van der Waals surface area contributed by atoms with Crippen LogP contribution in [0.3, 0.4) is 0 Å². The van der Waals surface area contributed by atoms with E-state index < -0.39 is 0 Å². The van der Waals surface area contributed by atoms with E-state index >= 15 is 0 Å². The van der Waals surface area contributed by atoms with Crippen LogP contribution in [0.5, 0.6) is 0 Å². The summed E-state index contributed by atoms with van der Waals surface area (Å²) in [5, 5.41) is 21.6. The van der Waals surface area contributed by atoms with Crippen molar-refractivity contribution in [3.8, 4) is 17.7 Å². The van der Waals surface area contributed by atoms with Gasteiger partial charge in [-0.2, -0.15) is 5.26 Å². The number of halogens is 1. The lowest BCUT2D eigenvalue weighted by molar-refractivity contribution is -0.113. The molecular weight excluding hydrogens is 455 g/mol. The van der Waals surface area contributed by atoms with Gasteiger partial charge in [0.2, 0.25) is 5.91 Å². The van der Waals surface area contributed by atoms with Crippen molar-refractivity contribution in [1.82, 2.24) is 19.3 Å². The summed E-state index contributed by atoms with van der Waals surface area (Å²) in [5.74, 6) is 1.13. The summed E-state index contributed by atoms with van der Waals surface area (Å²) in [6.45, 7) is 6.72. The number of anilines is 1.